The Morgan fingerprint density at radius 1 is 1.53 bits per heavy atom. The van der Waals surface area contributed by atoms with E-state index < -0.39 is 24.8 Å². The predicted molar refractivity (Wildman–Crippen MR) is 64.5 cm³/mol. The van der Waals surface area contributed by atoms with E-state index in [0.29, 0.717) is 11.3 Å². The molecule has 1 rings (SSSR count). The topological polar surface area (TPSA) is 38.3 Å². The molecule has 1 amide bonds. The molecule has 1 aromatic rings. The molecule has 0 aromatic heterocycles. The van der Waals surface area contributed by atoms with Gasteiger partial charge < -0.3 is 10.1 Å². The van der Waals surface area contributed by atoms with Crippen LogP contribution >= 0.6 is 0 Å². The Kier molecular flexibility index (Phi) is 4.95. The van der Waals surface area contributed by atoms with E-state index >= 15 is 0 Å². The number of amides is 1. The summed E-state index contributed by atoms with van der Waals surface area (Å²) in [6.07, 6.45) is -0.480. The van der Waals surface area contributed by atoms with Crippen molar-refractivity contribution in [3.8, 4) is 12.3 Å². The maximum atomic E-state index is 11.9. The second-order valence-electron chi connectivity index (χ2n) is 3.78. The van der Waals surface area contributed by atoms with Gasteiger partial charge in [-0.1, -0.05) is 12.0 Å². The summed E-state index contributed by atoms with van der Waals surface area (Å²) >= 11 is 0. The summed E-state index contributed by atoms with van der Waals surface area (Å²) in [6.45, 7) is -0.224. The number of terminal acetylenes is 1. The van der Waals surface area contributed by atoms with Crippen LogP contribution in [-0.4, -0.2) is 24.8 Å². The molecule has 0 spiro atoms. The quantitative estimate of drug-likeness (QED) is 0.855. The number of benzene rings is 1. The molecule has 1 N–H and O–H groups in total. The number of alkyl halides is 3. The Hall–Kier alpha value is -2.00. The summed E-state index contributed by atoms with van der Waals surface area (Å²) in [5.41, 5.74) is 0.963. The Morgan fingerprint density at radius 3 is 2.79 bits per heavy atom. The zero-order valence-electron chi connectivity index (χ0n) is 10.1. The lowest BCUT2D eigenvalue weighted by molar-refractivity contribution is -0.184. The van der Waals surface area contributed by atoms with Crippen LogP contribution in [0.15, 0.2) is 24.3 Å². The molecule has 0 fully saturated rings. The van der Waals surface area contributed by atoms with Gasteiger partial charge in [-0.25, -0.2) is 0 Å². The Bertz CT molecular complexity index is 491. The fraction of sp³-hybridized carbons (Fsp3) is 0.308. The molecule has 19 heavy (non-hydrogen) atoms. The average molecular weight is 271 g/mol. The minimum absolute atomic E-state index is 0.405. The fourth-order valence-electron chi connectivity index (χ4n) is 1.23. The zero-order valence-corrected chi connectivity index (χ0v) is 10.1. The van der Waals surface area contributed by atoms with Crippen LogP contribution < -0.4 is 5.32 Å². The third kappa shape index (κ3) is 5.44. The molecule has 0 unspecified atom stereocenters. The summed E-state index contributed by atoms with van der Waals surface area (Å²) in [5, 5.41) is 2.43. The number of carbonyl (C=O) groups is 1. The highest BCUT2D eigenvalue weighted by Gasteiger charge is 2.29. The van der Waals surface area contributed by atoms with Gasteiger partial charge >= 0.3 is 6.18 Å². The molecule has 0 saturated heterocycles. The number of anilines is 1. The van der Waals surface area contributed by atoms with Crippen molar-refractivity contribution >= 4 is 11.6 Å². The number of ether oxygens (including phenoxy) is 1. The number of hydrogen-bond donors (Lipinski definition) is 1. The van der Waals surface area contributed by atoms with Gasteiger partial charge in [0.05, 0.1) is 0 Å². The summed E-state index contributed by atoms with van der Waals surface area (Å²) < 4.78 is 40.2. The van der Waals surface area contributed by atoms with E-state index in [0.717, 1.165) is 0 Å². The molecule has 0 heterocycles. The molecular formula is C13H12F3NO2. The van der Waals surface area contributed by atoms with Crippen molar-refractivity contribution in [2.24, 2.45) is 0 Å². The largest absolute Gasteiger partial charge is 0.411 e. The first kappa shape index (κ1) is 15.1. The van der Waals surface area contributed by atoms with Crippen LogP contribution in [-0.2, 0) is 9.53 Å². The lowest BCUT2D eigenvalue weighted by atomic mass is 10.2. The number of nitrogens with one attached hydrogen (secondary N) is 1. The van der Waals surface area contributed by atoms with Crippen LogP contribution in [0.1, 0.15) is 12.5 Å². The average Bonchev–Trinajstić information content (AvgIpc) is 2.35. The second-order valence-corrected chi connectivity index (χ2v) is 3.78. The molecule has 0 radical (unpaired) electrons. The van der Waals surface area contributed by atoms with E-state index in [-0.39, 0.29) is 0 Å². The summed E-state index contributed by atoms with van der Waals surface area (Å²) in [5.74, 6) is 1.72. The Morgan fingerprint density at radius 2 is 2.21 bits per heavy atom. The van der Waals surface area contributed by atoms with Gasteiger partial charge in [0.1, 0.15) is 12.7 Å². The van der Waals surface area contributed by atoms with Gasteiger partial charge in [0.25, 0.3) is 5.91 Å². The van der Waals surface area contributed by atoms with Gasteiger partial charge in [-0.3, -0.25) is 4.79 Å². The molecule has 1 atom stereocenters. The van der Waals surface area contributed by atoms with Crippen molar-refractivity contribution in [1.82, 2.24) is 0 Å². The maximum Gasteiger partial charge on any atom is 0.411 e. The fourth-order valence-corrected chi connectivity index (χ4v) is 1.23. The summed E-state index contributed by atoms with van der Waals surface area (Å²) in [4.78, 5) is 11.6. The van der Waals surface area contributed by atoms with E-state index in [1.165, 1.54) is 13.0 Å². The number of carbonyl (C=O) groups excluding carboxylic acids is 1. The first-order valence-electron chi connectivity index (χ1n) is 5.38. The van der Waals surface area contributed by atoms with E-state index in [1.807, 2.05) is 0 Å². The summed E-state index contributed by atoms with van der Waals surface area (Å²) in [6, 6.07) is 6.41. The lowest BCUT2D eigenvalue weighted by Crippen LogP contribution is -2.31. The van der Waals surface area contributed by atoms with Gasteiger partial charge in [-0.05, 0) is 25.1 Å². The molecule has 0 aliphatic heterocycles. The lowest BCUT2D eigenvalue weighted by Gasteiger charge is -2.14. The highest BCUT2D eigenvalue weighted by molar-refractivity contribution is 5.94. The molecule has 0 saturated carbocycles. The van der Waals surface area contributed by atoms with Crippen LogP contribution in [0.4, 0.5) is 18.9 Å². The van der Waals surface area contributed by atoms with Gasteiger partial charge in [-0.15, -0.1) is 6.42 Å². The van der Waals surface area contributed by atoms with E-state index in [4.69, 9.17) is 6.42 Å². The van der Waals surface area contributed by atoms with Crippen LogP contribution in [0.25, 0.3) is 0 Å². The van der Waals surface area contributed by atoms with Gasteiger partial charge in [0.15, 0.2) is 0 Å². The molecule has 6 heteroatoms. The molecule has 1 aromatic carbocycles. The van der Waals surface area contributed by atoms with Crippen LogP contribution in [0, 0.1) is 12.3 Å². The number of rotatable bonds is 4. The minimum atomic E-state index is -4.46. The predicted octanol–water partition coefficient (Wildman–Crippen LogP) is 2.57. The Balaban J connectivity index is 2.57. The Labute approximate surface area is 108 Å². The van der Waals surface area contributed by atoms with E-state index in [9.17, 15) is 18.0 Å². The number of halogens is 3. The van der Waals surface area contributed by atoms with Gasteiger partial charge in [-0.2, -0.15) is 13.2 Å². The van der Waals surface area contributed by atoms with Crippen molar-refractivity contribution in [1.29, 1.82) is 0 Å². The SMILES string of the molecule is C#Cc1cccc(NC(=O)[C@@H](C)OCC(F)(F)F)c1. The van der Waals surface area contributed by atoms with Crippen molar-refractivity contribution in [3.05, 3.63) is 29.8 Å². The highest BCUT2D eigenvalue weighted by Crippen LogP contribution is 2.16. The van der Waals surface area contributed by atoms with E-state index in [1.54, 1.807) is 18.2 Å². The monoisotopic (exact) mass is 271 g/mol. The molecule has 0 aliphatic rings. The third-order valence-corrected chi connectivity index (χ3v) is 2.16. The van der Waals surface area contributed by atoms with Crippen molar-refractivity contribution in [2.75, 3.05) is 11.9 Å². The smallest absolute Gasteiger partial charge is 0.359 e. The second kappa shape index (κ2) is 6.25. The maximum absolute atomic E-state index is 11.9. The molecule has 3 nitrogen and oxygen atoms in total. The van der Waals surface area contributed by atoms with Crippen LogP contribution in [0.2, 0.25) is 0 Å². The first-order chi connectivity index (χ1) is 8.81. The molecule has 102 valence electrons. The van der Waals surface area contributed by atoms with Gasteiger partial charge in [0, 0.05) is 11.3 Å². The zero-order chi connectivity index (χ0) is 14.5. The third-order valence-electron chi connectivity index (χ3n) is 2.16. The minimum Gasteiger partial charge on any atom is -0.359 e. The molecular weight excluding hydrogens is 259 g/mol. The summed E-state index contributed by atoms with van der Waals surface area (Å²) in [7, 11) is 0. The molecule has 0 aliphatic carbocycles. The highest BCUT2D eigenvalue weighted by atomic mass is 19.4. The molecule has 0 bridgehead atoms. The first-order valence-corrected chi connectivity index (χ1v) is 5.38. The van der Waals surface area contributed by atoms with Crippen LogP contribution in [0.3, 0.4) is 0 Å². The number of hydrogen-bond acceptors (Lipinski definition) is 2. The van der Waals surface area contributed by atoms with E-state index in [2.05, 4.69) is 16.0 Å². The van der Waals surface area contributed by atoms with Crippen molar-refractivity contribution < 1.29 is 22.7 Å². The van der Waals surface area contributed by atoms with Crippen molar-refractivity contribution in [2.45, 2.75) is 19.2 Å². The standard InChI is InChI=1S/C13H12F3NO2/c1-3-10-5-4-6-11(7-10)17-12(18)9(2)19-8-13(14,15)16/h1,4-7,9H,8H2,2H3,(H,17,18)/t9-/m1/s1. The van der Waals surface area contributed by atoms with Crippen molar-refractivity contribution in [3.63, 3.8) is 0 Å². The van der Waals surface area contributed by atoms with Gasteiger partial charge in [0.2, 0.25) is 0 Å². The normalized spacial score (nSPS) is 12.6. The van der Waals surface area contributed by atoms with Crippen LogP contribution in [0.5, 0.6) is 0 Å².